The summed E-state index contributed by atoms with van der Waals surface area (Å²) >= 11 is 6.63. The molecule has 0 radical (unpaired) electrons. The second kappa shape index (κ2) is 13.8. The van der Waals surface area contributed by atoms with Gasteiger partial charge in [0.15, 0.2) is 0 Å². The van der Waals surface area contributed by atoms with Crippen molar-refractivity contribution in [2.45, 2.75) is 32.2 Å². The average molecular weight is 591 g/mol. The van der Waals surface area contributed by atoms with Crippen molar-refractivity contribution in [2.75, 3.05) is 45.3 Å². The summed E-state index contributed by atoms with van der Waals surface area (Å²) in [5, 5.41) is 3.54. The SMILES string of the molecule is CS(=O)(=O)O.Cc1cc(C(=O)Nc2nc3cccc(Cl)c3n2[C@@H]2CCCCN(C(=O)C=CCN(C)C)C2)ccn1. The molecule has 3 heterocycles. The molecule has 216 valence electrons. The highest BCUT2D eigenvalue weighted by molar-refractivity contribution is 7.85. The van der Waals surface area contributed by atoms with E-state index in [0.29, 0.717) is 47.9 Å². The summed E-state index contributed by atoms with van der Waals surface area (Å²) in [6.07, 6.45) is 8.58. The molecule has 1 atom stereocenters. The number of para-hydroxylation sites is 1. The molecular formula is C27H35ClN6O5S. The Morgan fingerprint density at radius 3 is 2.65 bits per heavy atom. The molecule has 40 heavy (non-hydrogen) atoms. The largest absolute Gasteiger partial charge is 0.337 e. The molecule has 1 saturated heterocycles. The van der Waals surface area contributed by atoms with Gasteiger partial charge in [-0.25, -0.2) is 4.98 Å². The number of carbonyl (C=O) groups excluding carboxylic acids is 2. The molecule has 2 N–H and O–H groups in total. The highest BCUT2D eigenvalue weighted by atomic mass is 35.5. The number of likely N-dealkylation sites (tertiary alicyclic amines) is 1. The maximum absolute atomic E-state index is 13.1. The monoisotopic (exact) mass is 590 g/mol. The lowest BCUT2D eigenvalue weighted by Crippen LogP contribution is -2.34. The van der Waals surface area contributed by atoms with E-state index in [0.717, 1.165) is 30.5 Å². The summed E-state index contributed by atoms with van der Waals surface area (Å²) in [6.45, 7) is 3.75. The summed E-state index contributed by atoms with van der Waals surface area (Å²) in [4.78, 5) is 38.8. The van der Waals surface area contributed by atoms with Gasteiger partial charge in [-0.2, -0.15) is 8.42 Å². The maximum Gasteiger partial charge on any atom is 0.261 e. The Kier molecular flexibility index (Phi) is 10.8. The molecule has 1 aliphatic rings. The molecule has 0 bridgehead atoms. The van der Waals surface area contributed by atoms with Crippen LogP contribution < -0.4 is 5.32 Å². The standard InChI is InChI=1S/C26H31ClN6O2.CH4O3S/c1-18-16-19(12-13-28-18)25(35)30-26-29-22-10-6-9-21(27)24(22)33(26)20-8-4-5-15-32(17-20)23(34)11-7-14-31(2)3;1-5(2,3)4/h6-7,9-13,16,20H,4-5,8,14-15,17H2,1-3H3,(H,29,30,35);1H3,(H,2,3,4)/t20-;/m1./s1. The fourth-order valence-corrected chi connectivity index (χ4v) is 4.67. The number of benzene rings is 1. The fourth-order valence-electron chi connectivity index (χ4n) is 4.41. The van der Waals surface area contributed by atoms with Gasteiger partial charge in [0.1, 0.15) is 0 Å². The van der Waals surface area contributed by atoms with Crippen LogP contribution in [0.3, 0.4) is 0 Å². The number of imidazole rings is 1. The van der Waals surface area contributed by atoms with E-state index >= 15 is 0 Å². The van der Waals surface area contributed by atoms with Crippen LogP contribution in [-0.4, -0.2) is 89.1 Å². The summed E-state index contributed by atoms with van der Waals surface area (Å²) in [6, 6.07) is 8.88. The number of hydrogen-bond donors (Lipinski definition) is 2. The molecule has 1 fully saturated rings. The number of aromatic nitrogens is 3. The van der Waals surface area contributed by atoms with Crippen molar-refractivity contribution in [1.29, 1.82) is 0 Å². The van der Waals surface area contributed by atoms with Gasteiger partial charge in [0.25, 0.3) is 16.0 Å². The smallest absolute Gasteiger partial charge is 0.261 e. The third-order valence-corrected chi connectivity index (χ3v) is 6.40. The second-order valence-corrected chi connectivity index (χ2v) is 11.8. The Bertz CT molecular complexity index is 1480. The van der Waals surface area contributed by atoms with E-state index in [2.05, 4.69) is 10.3 Å². The van der Waals surface area contributed by atoms with E-state index in [1.807, 2.05) is 59.7 Å². The molecule has 13 heteroatoms. The Morgan fingerprint density at radius 1 is 1.25 bits per heavy atom. The van der Waals surface area contributed by atoms with Crippen LogP contribution in [0.2, 0.25) is 5.02 Å². The third kappa shape index (κ3) is 9.12. The second-order valence-electron chi connectivity index (χ2n) is 9.88. The number of nitrogens with zero attached hydrogens (tertiary/aromatic N) is 5. The number of carbonyl (C=O) groups is 2. The van der Waals surface area contributed by atoms with Crippen molar-refractivity contribution in [3.8, 4) is 0 Å². The number of aryl methyl sites for hydroxylation is 1. The lowest BCUT2D eigenvalue weighted by atomic mass is 10.1. The van der Waals surface area contributed by atoms with E-state index in [4.69, 9.17) is 21.1 Å². The number of pyridine rings is 1. The van der Waals surface area contributed by atoms with Gasteiger partial charge in [0.05, 0.1) is 28.4 Å². The quantitative estimate of drug-likeness (QED) is 0.326. The molecule has 0 spiro atoms. The van der Waals surface area contributed by atoms with Gasteiger partial charge in [0.2, 0.25) is 11.9 Å². The Labute approximate surface area is 239 Å². The molecular weight excluding hydrogens is 556 g/mol. The normalized spacial score (nSPS) is 16.1. The van der Waals surface area contributed by atoms with Crippen molar-refractivity contribution in [1.82, 2.24) is 24.3 Å². The summed E-state index contributed by atoms with van der Waals surface area (Å²) in [5.74, 6) is 0.151. The van der Waals surface area contributed by atoms with Crippen LogP contribution in [-0.2, 0) is 14.9 Å². The molecule has 0 unspecified atom stereocenters. The van der Waals surface area contributed by atoms with E-state index in [-0.39, 0.29) is 17.9 Å². The number of likely N-dealkylation sites (N-methyl/N-ethyl adjacent to an activating group) is 1. The van der Waals surface area contributed by atoms with Gasteiger partial charge in [-0.1, -0.05) is 23.7 Å². The van der Waals surface area contributed by atoms with Crippen LogP contribution in [0, 0.1) is 6.92 Å². The lowest BCUT2D eigenvalue weighted by molar-refractivity contribution is -0.126. The van der Waals surface area contributed by atoms with Crippen LogP contribution in [0.25, 0.3) is 11.0 Å². The minimum absolute atomic E-state index is 0.00730. The Balaban J connectivity index is 0.000000810. The summed E-state index contributed by atoms with van der Waals surface area (Å²) < 4.78 is 27.9. The van der Waals surface area contributed by atoms with Gasteiger partial charge < -0.3 is 14.4 Å². The summed E-state index contributed by atoms with van der Waals surface area (Å²) in [5.41, 5.74) is 2.73. The van der Waals surface area contributed by atoms with Crippen molar-refractivity contribution in [3.63, 3.8) is 0 Å². The Morgan fingerprint density at radius 2 is 1.98 bits per heavy atom. The number of nitrogens with one attached hydrogen (secondary N) is 1. The predicted molar refractivity (Wildman–Crippen MR) is 156 cm³/mol. The van der Waals surface area contributed by atoms with E-state index < -0.39 is 10.1 Å². The topological polar surface area (TPSA) is 138 Å². The van der Waals surface area contributed by atoms with Crippen LogP contribution in [0.4, 0.5) is 5.95 Å². The molecule has 4 rings (SSSR count). The van der Waals surface area contributed by atoms with Crippen molar-refractivity contribution >= 4 is 50.5 Å². The van der Waals surface area contributed by atoms with Gasteiger partial charge in [-0.15, -0.1) is 0 Å². The van der Waals surface area contributed by atoms with Gasteiger partial charge in [0, 0.05) is 43.2 Å². The molecule has 1 aliphatic heterocycles. The molecule has 0 aliphatic carbocycles. The molecule has 0 saturated carbocycles. The van der Waals surface area contributed by atoms with E-state index in [1.54, 1.807) is 24.4 Å². The predicted octanol–water partition coefficient (Wildman–Crippen LogP) is 3.82. The zero-order valence-corrected chi connectivity index (χ0v) is 24.6. The summed E-state index contributed by atoms with van der Waals surface area (Å²) in [7, 11) is 0.265. The maximum atomic E-state index is 13.1. The molecule has 2 amide bonds. The first-order chi connectivity index (χ1) is 18.8. The average Bonchev–Trinajstić information content (AvgIpc) is 3.04. The number of anilines is 1. The van der Waals surface area contributed by atoms with Crippen molar-refractivity contribution in [2.24, 2.45) is 0 Å². The molecule has 3 aromatic rings. The van der Waals surface area contributed by atoms with Crippen LogP contribution in [0.5, 0.6) is 0 Å². The molecule has 2 aromatic heterocycles. The zero-order chi connectivity index (χ0) is 29.4. The fraction of sp³-hybridized carbons (Fsp3) is 0.407. The number of fused-ring (bicyclic) bond motifs is 1. The number of hydrogen-bond acceptors (Lipinski definition) is 7. The van der Waals surface area contributed by atoms with E-state index in [1.165, 1.54) is 0 Å². The zero-order valence-electron chi connectivity index (χ0n) is 23.0. The van der Waals surface area contributed by atoms with Crippen LogP contribution in [0.15, 0.2) is 48.7 Å². The molecule has 1 aromatic carbocycles. The lowest BCUT2D eigenvalue weighted by Gasteiger charge is -2.26. The third-order valence-electron chi connectivity index (χ3n) is 6.10. The van der Waals surface area contributed by atoms with Crippen molar-refractivity contribution in [3.05, 3.63) is 65.0 Å². The molecule has 11 nitrogen and oxygen atoms in total. The first-order valence-electron chi connectivity index (χ1n) is 12.8. The highest BCUT2D eigenvalue weighted by Crippen LogP contribution is 2.34. The first-order valence-corrected chi connectivity index (χ1v) is 15.0. The van der Waals surface area contributed by atoms with Crippen LogP contribution in [0.1, 0.15) is 41.4 Å². The van der Waals surface area contributed by atoms with Crippen molar-refractivity contribution < 1.29 is 22.6 Å². The minimum atomic E-state index is -3.67. The first kappa shape index (κ1) is 31.2. The minimum Gasteiger partial charge on any atom is -0.337 e. The van der Waals surface area contributed by atoms with E-state index in [9.17, 15) is 18.0 Å². The van der Waals surface area contributed by atoms with Crippen LogP contribution >= 0.6 is 11.6 Å². The van der Waals surface area contributed by atoms with Gasteiger partial charge in [-0.3, -0.25) is 24.4 Å². The number of rotatable bonds is 6. The van der Waals surface area contributed by atoms with Gasteiger partial charge >= 0.3 is 0 Å². The van der Waals surface area contributed by atoms with Gasteiger partial charge in [-0.05, 0) is 64.5 Å². The highest BCUT2D eigenvalue weighted by Gasteiger charge is 2.27. The number of halogens is 1. The number of amides is 2. The Hall–Kier alpha value is -3.32.